The van der Waals surface area contributed by atoms with Gasteiger partial charge in [0.2, 0.25) is 0 Å². The maximum atomic E-state index is 13.9. The summed E-state index contributed by atoms with van der Waals surface area (Å²) in [6, 6.07) is 7.28. The summed E-state index contributed by atoms with van der Waals surface area (Å²) in [7, 11) is 0. The Kier molecular flexibility index (Phi) is 7.37. The Labute approximate surface area is 174 Å². The van der Waals surface area contributed by atoms with Crippen molar-refractivity contribution in [3.8, 4) is 0 Å². The zero-order chi connectivity index (χ0) is 21.1. The lowest BCUT2D eigenvalue weighted by Gasteiger charge is -2.52. The fourth-order valence-electron chi connectivity index (χ4n) is 3.67. The maximum absolute atomic E-state index is 13.9. The van der Waals surface area contributed by atoms with Crippen molar-refractivity contribution in [2.75, 3.05) is 31.1 Å². The van der Waals surface area contributed by atoms with Gasteiger partial charge < -0.3 is 14.8 Å². The molecule has 158 valence electrons. The minimum atomic E-state index is -1.06. The lowest BCUT2D eigenvalue weighted by atomic mass is 10.0. The number of para-hydroxylation sites is 1. The molecule has 7 heteroatoms. The predicted molar refractivity (Wildman–Crippen MR) is 114 cm³/mol. The smallest absolute Gasteiger partial charge is 0.537 e. The van der Waals surface area contributed by atoms with Gasteiger partial charge in [-0.3, -0.25) is 0 Å². The molecule has 1 aliphatic heterocycles. The minimum absolute atomic E-state index is 0.313. The molecule has 2 unspecified atom stereocenters. The van der Waals surface area contributed by atoms with E-state index in [1.807, 2.05) is 31.2 Å². The number of carbonyl (C=O) groups excluding carboxylic acids is 1. The van der Waals surface area contributed by atoms with Crippen LogP contribution in [-0.2, 0) is 4.74 Å². The molecule has 0 bridgehead atoms. The second-order valence-corrected chi connectivity index (χ2v) is 9.38. The molecule has 0 saturated carbocycles. The molecule has 0 aliphatic carbocycles. The number of piperazine rings is 1. The van der Waals surface area contributed by atoms with E-state index < -0.39 is 22.5 Å². The van der Waals surface area contributed by atoms with Gasteiger partial charge in [-0.15, -0.1) is 5.01 Å². The van der Waals surface area contributed by atoms with Gasteiger partial charge >= 0.3 is 6.09 Å². The molecule has 0 spiro atoms. The molecule has 1 heterocycles. The number of amides is 1. The molecule has 0 aromatic heterocycles. The topological polar surface area (TPSA) is 55.8 Å². The van der Waals surface area contributed by atoms with Crippen LogP contribution in [0.15, 0.2) is 24.3 Å². The van der Waals surface area contributed by atoms with Crippen molar-refractivity contribution in [3.63, 3.8) is 0 Å². The first-order valence-electron chi connectivity index (χ1n) is 10.0. The molecular weight excluding hydrogens is 378 g/mol. The Morgan fingerprint density at radius 2 is 1.75 bits per heavy atom. The van der Waals surface area contributed by atoms with Gasteiger partial charge in [-0.1, -0.05) is 37.6 Å². The van der Waals surface area contributed by atoms with Gasteiger partial charge in [-0.25, -0.2) is 0 Å². The molecule has 1 aromatic carbocycles. The highest BCUT2D eigenvalue weighted by atomic mass is 35.5. The highest BCUT2D eigenvalue weighted by Crippen LogP contribution is 2.30. The van der Waals surface area contributed by atoms with Gasteiger partial charge in [-0.05, 0) is 45.7 Å². The number of anilines is 1. The first-order valence-corrected chi connectivity index (χ1v) is 10.4. The van der Waals surface area contributed by atoms with E-state index in [0.717, 1.165) is 5.69 Å². The average molecular weight is 412 g/mol. The highest BCUT2D eigenvalue weighted by Gasteiger charge is 2.45. The van der Waals surface area contributed by atoms with E-state index in [0.29, 0.717) is 43.5 Å². The average Bonchev–Trinajstić information content (AvgIpc) is 2.59. The Morgan fingerprint density at radius 3 is 2.25 bits per heavy atom. The van der Waals surface area contributed by atoms with Crippen LogP contribution in [0.5, 0.6) is 0 Å². The van der Waals surface area contributed by atoms with Crippen molar-refractivity contribution in [1.82, 2.24) is 5.01 Å². The monoisotopic (exact) mass is 411 g/mol. The Morgan fingerprint density at radius 1 is 1.18 bits per heavy atom. The number of hydroxylamine groups is 2. The van der Waals surface area contributed by atoms with Crippen LogP contribution in [0.2, 0.25) is 5.02 Å². The first kappa shape index (κ1) is 22.9. The molecule has 1 saturated heterocycles. The van der Waals surface area contributed by atoms with E-state index >= 15 is 0 Å². The van der Waals surface area contributed by atoms with Crippen molar-refractivity contribution in [2.24, 2.45) is 5.92 Å². The number of hydrogen-bond donors (Lipinski definition) is 0. The number of ether oxygens (including phenoxy) is 1. The van der Waals surface area contributed by atoms with Gasteiger partial charge in [-0.2, -0.15) is 9.55 Å². The molecule has 6 nitrogen and oxygen atoms in total. The van der Waals surface area contributed by atoms with Crippen molar-refractivity contribution in [1.29, 1.82) is 0 Å². The van der Waals surface area contributed by atoms with Crippen molar-refractivity contribution >= 4 is 23.4 Å². The summed E-state index contributed by atoms with van der Waals surface area (Å²) in [5, 5.41) is 16.3. The third-order valence-corrected chi connectivity index (χ3v) is 5.25. The molecular formula is C21H34ClN3O3. The van der Waals surface area contributed by atoms with Gasteiger partial charge in [0, 0.05) is 19.5 Å². The van der Waals surface area contributed by atoms with E-state index in [1.165, 1.54) is 0 Å². The van der Waals surface area contributed by atoms with E-state index in [1.54, 1.807) is 25.8 Å². The second kappa shape index (κ2) is 8.99. The Bertz CT molecular complexity index is 669. The number of halogens is 1. The molecule has 1 amide bonds. The molecule has 1 aromatic rings. The van der Waals surface area contributed by atoms with Gasteiger partial charge in [0.25, 0.3) is 0 Å². The van der Waals surface area contributed by atoms with Crippen molar-refractivity contribution in [3.05, 3.63) is 34.5 Å². The zero-order valence-corrected chi connectivity index (χ0v) is 18.7. The van der Waals surface area contributed by atoms with Crippen molar-refractivity contribution < 1.29 is 14.3 Å². The van der Waals surface area contributed by atoms with Crippen LogP contribution in [0.25, 0.3) is 0 Å². The normalized spacial score (nSPS) is 19.4. The molecule has 2 atom stereocenters. The first-order chi connectivity index (χ1) is 12.9. The predicted octanol–water partition coefficient (Wildman–Crippen LogP) is 5.06. The number of nitrogens with zero attached hydrogens (tertiary/aromatic N) is 3. The van der Waals surface area contributed by atoms with Crippen LogP contribution >= 0.6 is 11.6 Å². The standard InChI is InChI=1S/C21H34ClN3O3/c1-16(2)15-17(3)25(27,20(26)28-21(4,5)6)24-13-11-23(12-14-24)19-10-8-7-9-18(19)22/h7-10,16-17H,11-15H2,1-6H3. The second-order valence-electron chi connectivity index (χ2n) is 8.97. The van der Waals surface area contributed by atoms with E-state index in [-0.39, 0.29) is 0 Å². The number of carbonyl (C=O) groups is 1. The van der Waals surface area contributed by atoms with E-state index in [4.69, 9.17) is 16.3 Å². The largest absolute Gasteiger partial charge is 0.601 e. The minimum Gasteiger partial charge on any atom is -0.601 e. The molecule has 0 N–H and O–H groups in total. The van der Waals surface area contributed by atoms with Gasteiger partial charge in [0.1, 0.15) is 11.6 Å². The number of benzene rings is 1. The SMILES string of the molecule is CC(C)CC(C)[N+]([O-])(C(=O)OC(C)(C)C)N1CCN(c2ccccc2Cl)CC1. The lowest BCUT2D eigenvalue weighted by Crippen LogP contribution is -2.68. The maximum Gasteiger partial charge on any atom is 0.537 e. The Balaban J connectivity index is 2.20. The third-order valence-electron chi connectivity index (χ3n) is 4.93. The fourth-order valence-corrected chi connectivity index (χ4v) is 3.92. The Hall–Kier alpha value is -1.34. The zero-order valence-electron chi connectivity index (χ0n) is 17.9. The number of rotatable bonds is 5. The highest BCUT2D eigenvalue weighted by molar-refractivity contribution is 6.33. The van der Waals surface area contributed by atoms with Crippen LogP contribution < -0.4 is 4.90 Å². The van der Waals surface area contributed by atoms with E-state index in [2.05, 4.69) is 18.7 Å². The molecule has 2 rings (SSSR count). The van der Waals surface area contributed by atoms with Crippen LogP contribution in [0, 0.1) is 11.1 Å². The third kappa shape index (κ3) is 5.38. The summed E-state index contributed by atoms with van der Waals surface area (Å²) < 4.78 is 4.47. The van der Waals surface area contributed by atoms with Crippen LogP contribution in [0.1, 0.15) is 48.0 Å². The summed E-state index contributed by atoms with van der Waals surface area (Å²) in [5.74, 6) is 0.313. The van der Waals surface area contributed by atoms with Gasteiger partial charge in [0.05, 0.1) is 23.8 Å². The molecule has 28 heavy (non-hydrogen) atoms. The van der Waals surface area contributed by atoms with Crippen LogP contribution in [0.3, 0.4) is 0 Å². The van der Waals surface area contributed by atoms with Gasteiger partial charge in [0.15, 0.2) is 0 Å². The quantitative estimate of drug-likeness (QED) is 0.500. The molecule has 1 aliphatic rings. The fraction of sp³-hybridized carbons (Fsp3) is 0.667. The van der Waals surface area contributed by atoms with Crippen LogP contribution in [0.4, 0.5) is 10.5 Å². The summed E-state index contributed by atoms with van der Waals surface area (Å²) >= 11 is 6.32. The summed E-state index contributed by atoms with van der Waals surface area (Å²) in [5.41, 5.74) is 0.252. The molecule has 0 radical (unpaired) electrons. The number of hydrogen-bond acceptors (Lipinski definition) is 5. The summed E-state index contributed by atoms with van der Waals surface area (Å²) in [4.78, 5) is 15.1. The summed E-state index contributed by atoms with van der Waals surface area (Å²) in [6.45, 7) is 13.5. The van der Waals surface area contributed by atoms with Crippen molar-refractivity contribution in [2.45, 2.75) is 59.6 Å². The van der Waals surface area contributed by atoms with E-state index in [9.17, 15) is 10.0 Å². The summed E-state index contributed by atoms with van der Waals surface area (Å²) in [6.07, 6.45) is -0.0835. The molecule has 1 fully saturated rings. The van der Waals surface area contributed by atoms with Crippen LogP contribution in [-0.4, -0.2) is 53.7 Å². The lowest BCUT2D eigenvalue weighted by molar-refractivity contribution is -0.951. The number of quaternary nitrogens is 1.